The smallest absolute Gasteiger partial charge is 0.374 e. The summed E-state index contributed by atoms with van der Waals surface area (Å²) in [6, 6.07) is 4.57. The number of hydrogen-bond acceptors (Lipinski definition) is 4. The molecule has 0 radical (unpaired) electrons. The molecule has 2 N–H and O–H groups in total. The molecule has 20 heavy (non-hydrogen) atoms. The van der Waals surface area contributed by atoms with E-state index in [4.69, 9.17) is 5.11 Å². The number of aromatic nitrogens is 1. The van der Waals surface area contributed by atoms with Crippen molar-refractivity contribution in [1.82, 2.24) is 5.16 Å². The fourth-order valence-electron chi connectivity index (χ4n) is 1.32. The largest absolute Gasteiger partial charge is 0.475 e. The van der Waals surface area contributed by atoms with E-state index < -0.39 is 17.6 Å². The second-order valence-electron chi connectivity index (χ2n) is 3.58. The SMILES string of the molecule is O=C(Nc1c(Br)cc(Br)cc1Br)c1cc(C(=O)O)on1. The predicted molar refractivity (Wildman–Crippen MR) is 81.0 cm³/mol. The van der Waals surface area contributed by atoms with Crippen LogP contribution < -0.4 is 5.32 Å². The van der Waals surface area contributed by atoms with E-state index in [0.717, 1.165) is 10.5 Å². The second-order valence-corrected chi connectivity index (χ2v) is 6.20. The number of carboxylic acid groups (broad SMARTS) is 1. The van der Waals surface area contributed by atoms with Crippen molar-refractivity contribution in [2.45, 2.75) is 0 Å². The van der Waals surface area contributed by atoms with Crippen LogP contribution in [0.25, 0.3) is 0 Å². The summed E-state index contributed by atoms with van der Waals surface area (Å²) in [7, 11) is 0. The number of amides is 1. The van der Waals surface area contributed by atoms with Crippen LogP contribution in [0.1, 0.15) is 21.0 Å². The van der Waals surface area contributed by atoms with E-state index in [1.165, 1.54) is 0 Å². The molecule has 0 aliphatic heterocycles. The van der Waals surface area contributed by atoms with Crippen molar-refractivity contribution in [1.29, 1.82) is 0 Å². The van der Waals surface area contributed by atoms with E-state index in [0.29, 0.717) is 14.6 Å². The van der Waals surface area contributed by atoms with E-state index in [1.54, 1.807) is 12.1 Å². The lowest BCUT2D eigenvalue weighted by molar-refractivity contribution is 0.0651. The average Bonchev–Trinajstić information content (AvgIpc) is 2.83. The maximum absolute atomic E-state index is 12.0. The number of nitrogens with one attached hydrogen (secondary N) is 1. The maximum Gasteiger partial charge on any atom is 0.374 e. The Morgan fingerprint density at radius 3 is 2.25 bits per heavy atom. The van der Waals surface area contributed by atoms with Crippen LogP contribution in [0, 0.1) is 0 Å². The molecular formula is C11H5Br3N2O4. The number of hydrogen-bond donors (Lipinski definition) is 2. The number of anilines is 1. The summed E-state index contributed by atoms with van der Waals surface area (Å²) >= 11 is 9.94. The number of halogens is 3. The highest BCUT2D eigenvalue weighted by atomic mass is 79.9. The molecule has 6 nitrogen and oxygen atoms in total. The number of benzene rings is 1. The quantitative estimate of drug-likeness (QED) is 0.712. The number of nitrogens with zero attached hydrogens (tertiary/aromatic N) is 1. The third-order valence-corrected chi connectivity index (χ3v) is 3.91. The molecule has 1 aromatic carbocycles. The van der Waals surface area contributed by atoms with Gasteiger partial charge in [-0.25, -0.2) is 4.79 Å². The van der Waals surface area contributed by atoms with Crippen LogP contribution in [-0.4, -0.2) is 22.1 Å². The predicted octanol–water partition coefficient (Wildman–Crippen LogP) is 3.91. The molecule has 104 valence electrons. The first kappa shape index (κ1) is 15.2. The molecule has 0 bridgehead atoms. The van der Waals surface area contributed by atoms with E-state index in [-0.39, 0.29) is 5.69 Å². The normalized spacial score (nSPS) is 10.3. The molecule has 1 amide bonds. The Balaban J connectivity index is 2.25. The summed E-state index contributed by atoms with van der Waals surface area (Å²) in [6.45, 7) is 0. The topological polar surface area (TPSA) is 92.4 Å². The summed E-state index contributed by atoms with van der Waals surface area (Å²) in [4.78, 5) is 22.6. The third kappa shape index (κ3) is 3.28. The van der Waals surface area contributed by atoms with Gasteiger partial charge in [0.05, 0.1) is 5.69 Å². The van der Waals surface area contributed by atoms with Gasteiger partial charge in [0.25, 0.3) is 5.91 Å². The van der Waals surface area contributed by atoms with Crippen molar-refractivity contribution in [3.63, 3.8) is 0 Å². The van der Waals surface area contributed by atoms with Crippen LogP contribution >= 0.6 is 47.8 Å². The summed E-state index contributed by atoms with van der Waals surface area (Å²) in [5.41, 5.74) is 0.377. The van der Waals surface area contributed by atoms with Gasteiger partial charge in [0.2, 0.25) is 5.76 Å². The van der Waals surface area contributed by atoms with Crippen LogP contribution in [-0.2, 0) is 0 Å². The Labute approximate surface area is 137 Å². The van der Waals surface area contributed by atoms with E-state index in [9.17, 15) is 9.59 Å². The Kier molecular flexibility index (Phi) is 4.61. The highest BCUT2D eigenvalue weighted by molar-refractivity contribution is 9.11. The van der Waals surface area contributed by atoms with E-state index in [1.807, 2.05) is 0 Å². The van der Waals surface area contributed by atoms with Crippen molar-refractivity contribution in [2.24, 2.45) is 0 Å². The number of aromatic carboxylic acids is 1. The van der Waals surface area contributed by atoms with Crippen LogP contribution in [0.3, 0.4) is 0 Å². The molecule has 1 aromatic heterocycles. The van der Waals surface area contributed by atoms with Crippen molar-refractivity contribution < 1.29 is 19.2 Å². The van der Waals surface area contributed by atoms with Gasteiger partial charge in [-0.05, 0) is 44.0 Å². The van der Waals surface area contributed by atoms with E-state index in [2.05, 4.69) is 62.8 Å². The third-order valence-electron chi connectivity index (χ3n) is 2.20. The highest BCUT2D eigenvalue weighted by Crippen LogP contribution is 2.34. The van der Waals surface area contributed by atoms with Gasteiger partial charge in [-0.1, -0.05) is 21.1 Å². The van der Waals surface area contributed by atoms with Crippen LogP contribution in [0.15, 0.2) is 36.1 Å². The van der Waals surface area contributed by atoms with Gasteiger partial charge in [0, 0.05) is 19.5 Å². The molecule has 0 fully saturated rings. The zero-order valence-electron chi connectivity index (χ0n) is 9.49. The average molecular weight is 469 g/mol. The van der Waals surface area contributed by atoms with Crippen LogP contribution in [0.5, 0.6) is 0 Å². The van der Waals surface area contributed by atoms with Crippen LogP contribution in [0.2, 0.25) is 0 Å². The molecule has 0 saturated heterocycles. The lowest BCUT2D eigenvalue weighted by atomic mass is 10.3. The maximum atomic E-state index is 12.0. The Morgan fingerprint density at radius 2 is 1.75 bits per heavy atom. The summed E-state index contributed by atoms with van der Waals surface area (Å²) in [5, 5.41) is 14.7. The van der Waals surface area contributed by atoms with Gasteiger partial charge >= 0.3 is 5.97 Å². The molecular weight excluding hydrogens is 464 g/mol. The Hall–Kier alpha value is -1.19. The molecule has 2 rings (SSSR count). The van der Waals surface area contributed by atoms with Gasteiger partial charge in [-0.2, -0.15) is 0 Å². The van der Waals surface area contributed by atoms with Crippen molar-refractivity contribution in [3.05, 3.63) is 43.1 Å². The molecule has 9 heteroatoms. The van der Waals surface area contributed by atoms with Gasteiger partial charge in [-0.3, -0.25) is 4.79 Å². The molecule has 0 aliphatic carbocycles. The Bertz CT molecular complexity index is 676. The summed E-state index contributed by atoms with van der Waals surface area (Å²) < 4.78 is 6.64. The highest BCUT2D eigenvalue weighted by Gasteiger charge is 2.18. The first-order valence-corrected chi connectivity index (χ1v) is 7.42. The number of carbonyl (C=O) groups excluding carboxylic acids is 1. The first-order chi connectivity index (χ1) is 9.38. The van der Waals surface area contributed by atoms with Crippen molar-refractivity contribution >= 4 is 65.4 Å². The summed E-state index contributed by atoms with van der Waals surface area (Å²) in [5.74, 6) is -2.27. The molecule has 0 atom stereocenters. The molecule has 2 aromatic rings. The molecule has 0 aliphatic rings. The van der Waals surface area contributed by atoms with Crippen LogP contribution in [0.4, 0.5) is 5.69 Å². The fraction of sp³-hybridized carbons (Fsp3) is 0. The minimum atomic E-state index is -1.29. The molecule has 0 saturated carbocycles. The van der Waals surface area contributed by atoms with Gasteiger partial charge in [0.1, 0.15) is 0 Å². The van der Waals surface area contributed by atoms with Gasteiger partial charge in [-0.15, -0.1) is 0 Å². The lowest BCUT2D eigenvalue weighted by Crippen LogP contribution is -2.13. The van der Waals surface area contributed by atoms with Gasteiger partial charge in [0.15, 0.2) is 5.69 Å². The first-order valence-electron chi connectivity index (χ1n) is 5.04. The lowest BCUT2D eigenvalue weighted by Gasteiger charge is -2.08. The van der Waals surface area contributed by atoms with Gasteiger partial charge < -0.3 is 14.9 Å². The molecule has 0 spiro atoms. The minimum absolute atomic E-state index is 0.121. The second kappa shape index (κ2) is 6.06. The Morgan fingerprint density at radius 1 is 1.15 bits per heavy atom. The van der Waals surface area contributed by atoms with Crippen molar-refractivity contribution in [2.75, 3.05) is 5.32 Å². The minimum Gasteiger partial charge on any atom is -0.475 e. The monoisotopic (exact) mass is 466 g/mol. The summed E-state index contributed by atoms with van der Waals surface area (Å²) in [6.07, 6.45) is 0. The molecule has 0 unspecified atom stereocenters. The number of carbonyl (C=O) groups is 2. The fourth-order valence-corrected chi connectivity index (χ4v) is 3.78. The van der Waals surface area contributed by atoms with Crippen molar-refractivity contribution in [3.8, 4) is 0 Å². The van der Waals surface area contributed by atoms with E-state index >= 15 is 0 Å². The zero-order valence-corrected chi connectivity index (χ0v) is 14.2. The molecule has 1 heterocycles. The number of rotatable bonds is 3. The number of carboxylic acids is 1. The zero-order chi connectivity index (χ0) is 14.9. The standard InChI is InChI=1S/C11H5Br3N2O4/c12-4-1-5(13)9(6(14)2-4)15-10(17)7-3-8(11(18)19)20-16-7/h1-3H,(H,15,17)(H,18,19).